The van der Waals surface area contributed by atoms with Crippen LogP contribution in [0.4, 0.5) is 15.8 Å². The van der Waals surface area contributed by atoms with E-state index >= 15 is 0 Å². The molecule has 0 saturated carbocycles. The summed E-state index contributed by atoms with van der Waals surface area (Å²) >= 11 is 5.79. The molecule has 1 atom stereocenters. The van der Waals surface area contributed by atoms with Crippen LogP contribution in [0.3, 0.4) is 0 Å². The Bertz CT molecular complexity index is 1070. The zero-order valence-corrected chi connectivity index (χ0v) is 17.4. The first-order valence-electron chi connectivity index (χ1n) is 9.12. The van der Waals surface area contributed by atoms with Gasteiger partial charge in [0, 0.05) is 18.7 Å². The number of carbonyl (C=O) groups excluding carboxylic acids is 4. The second kappa shape index (κ2) is 9.13. The molecule has 2 aromatic rings. The number of esters is 2. The maximum absolute atomic E-state index is 13.4. The van der Waals surface area contributed by atoms with E-state index in [1.165, 1.54) is 49.5 Å². The smallest absolute Gasteiger partial charge is 0.339 e. The molecular formula is C21H18ClFN2O6. The first kappa shape index (κ1) is 22.2. The van der Waals surface area contributed by atoms with Crippen LogP contribution in [0.1, 0.15) is 27.1 Å². The SMILES string of the molecule is COC(=O)c1ccc(C(=O)OC)c(NC(=O)C2CC(=O)N(c3ccc(F)c(Cl)c3)C2)c1. The van der Waals surface area contributed by atoms with E-state index in [0.29, 0.717) is 5.69 Å². The fraction of sp³-hybridized carbons (Fsp3) is 0.238. The van der Waals surface area contributed by atoms with E-state index in [9.17, 15) is 23.6 Å². The fourth-order valence-corrected chi connectivity index (χ4v) is 3.38. The second-order valence-corrected chi connectivity index (χ2v) is 7.14. The Morgan fingerprint density at radius 3 is 2.45 bits per heavy atom. The summed E-state index contributed by atoms with van der Waals surface area (Å²) in [5.74, 6) is -3.59. The molecule has 1 aliphatic rings. The molecule has 3 rings (SSSR count). The third kappa shape index (κ3) is 4.66. The van der Waals surface area contributed by atoms with Gasteiger partial charge in [0.1, 0.15) is 5.82 Å². The number of nitrogens with one attached hydrogen (secondary N) is 1. The lowest BCUT2D eigenvalue weighted by Crippen LogP contribution is -2.28. The van der Waals surface area contributed by atoms with Crippen molar-refractivity contribution in [2.24, 2.45) is 5.92 Å². The third-order valence-corrected chi connectivity index (χ3v) is 5.10. The maximum Gasteiger partial charge on any atom is 0.339 e. The molecule has 1 aliphatic heterocycles. The topological polar surface area (TPSA) is 102 Å². The Morgan fingerprint density at radius 1 is 1.10 bits per heavy atom. The van der Waals surface area contributed by atoms with Crippen LogP contribution in [0.25, 0.3) is 0 Å². The average Bonchev–Trinajstić information content (AvgIpc) is 3.16. The van der Waals surface area contributed by atoms with Gasteiger partial charge in [-0.15, -0.1) is 0 Å². The number of methoxy groups -OCH3 is 2. The summed E-state index contributed by atoms with van der Waals surface area (Å²) in [7, 11) is 2.39. The van der Waals surface area contributed by atoms with Gasteiger partial charge in [0.2, 0.25) is 11.8 Å². The number of rotatable bonds is 5. The Morgan fingerprint density at radius 2 is 1.81 bits per heavy atom. The zero-order valence-electron chi connectivity index (χ0n) is 16.6. The number of benzene rings is 2. The molecule has 1 fully saturated rings. The van der Waals surface area contributed by atoms with Gasteiger partial charge in [0.05, 0.1) is 42.0 Å². The second-order valence-electron chi connectivity index (χ2n) is 6.74. The molecule has 2 aromatic carbocycles. The lowest BCUT2D eigenvalue weighted by Gasteiger charge is -2.17. The summed E-state index contributed by atoms with van der Waals surface area (Å²) in [4.78, 5) is 50.4. The fourth-order valence-electron chi connectivity index (χ4n) is 3.20. The number of hydrogen-bond donors (Lipinski definition) is 1. The van der Waals surface area contributed by atoms with E-state index in [4.69, 9.17) is 16.3 Å². The van der Waals surface area contributed by atoms with Crippen LogP contribution in [0.15, 0.2) is 36.4 Å². The van der Waals surface area contributed by atoms with Gasteiger partial charge in [-0.05, 0) is 36.4 Å². The summed E-state index contributed by atoms with van der Waals surface area (Å²) in [6, 6.07) is 7.84. The number of anilines is 2. The Labute approximate surface area is 181 Å². The van der Waals surface area contributed by atoms with Crippen LogP contribution < -0.4 is 10.2 Å². The molecule has 1 unspecified atom stereocenters. The van der Waals surface area contributed by atoms with Crippen molar-refractivity contribution >= 4 is 46.7 Å². The Kier molecular flexibility index (Phi) is 6.55. The van der Waals surface area contributed by atoms with E-state index in [2.05, 4.69) is 10.1 Å². The van der Waals surface area contributed by atoms with Crippen molar-refractivity contribution in [1.82, 2.24) is 0 Å². The highest BCUT2D eigenvalue weighted by molar-refractivity contribution is 6.31. The van der Waals surface area contributed by atoms with Crippen LogP contribution in [0.2, 0.25) is 5.02 Å². The largest absolute Gasteiger partial charge is 0.465 e. The first-order chi connectivity index (χ1) is 14.7. The molecule has 0 bridgehead atoms. The zero-order chi connectivity index (χ0) is 22.7. The normalized spacial score (nSPS) is 15.5. The molecule has 2 amide bonds. The van der Waals surface area contributed by atoms with Gasteiger partial charge in [-0.1, -0.05) is 11.6 Å². The highest BCUT2D eigenvalue weighted by Crippen LogP contribution is 2.29. The molecular weight excluding hydrogens is 431 g/mol. The van der Waals surface area contributed by atoms with Crippen LogP contribution in [-0.4, -0.2) is 44.5 Å². The Hall–Kier alpha value is -3.46. The standard InChI is InChI=1S/C21H18ClFN2O6/c1-30-20(28)11-3-5-14(21(29)31-2)17(7-11)24-19(27)12-8-18(26)25(10-12)13-4-6-16(23)15(22)9-13/h3-7,9,12H,8,10H2,1-2H3,(H,24,27). The lowest BCUT2D eigenvalue weighted by molar-refractivity contribution is -0.122. The van der Waals surface area contributed by atoms with Gasteiger partial charge in [-0.3, -0.25) is 9.59 Å². The minimum absolute atomic E-state index is 0.0370. The van der Waals surface area contributed by atoms with Gasteiger partial charge in [-0.25, -0.2) is 14.0 Å². The summed E-state index contributed by atoms with van der Waals surface area (Å²) in [6.07, 6.45) is -0.0922. The number of hydrogen-bond acceptors (Lipinski definition) is 6. The van der Waals surface area contributed by atoms with Crippen LogP contribution >= 0.6 is 11.6 Å². The molecule has 162 valence electrons. The minimum Gasteiger partial charge on any atom is -0.465 e. The molecule has 1 N–H and O–H groups in total. The Balaban J connectivity index is 1.82. The summed E-state index contributed by atoms with van der Waals surface area (Å²) in [5, 5.41) is 2.45. The van der Waals surface area contributed by atoms with E-state index in [1.807, 2.05) is 0 Å². The predicted molar refractivity (Wildman–Crippen MR) is 110 cm³/mol. The van der Waals surface area contributed by atoms with Gasteiger partial charge in [0.15, 0.2) is 0 Å². The third-order valence-electron chi connectivity index (χ3n) is 4.81. The average molecular weight is 449 g/mol. The van der Waals surface area contributed by atoms with E-state index in [1.54, 1.807) is 0 Å². The van der Waals surface area contributed by atoms with Crippen molar-refractivity contribution in [2.75, 3.05) is 31.0 Å². The highest BCUT2D eigenvalue weighted by Gasteiger charge is 2.36. The van der Waals surface area contributed by atoms with Crippen LogP contribution in [0.5, 0.6) is 0 Å². The van der Waals surface area contributed by atoms with E-state index in [-0.39, 0.29) is 40.7 Å². The highest BCUT2D eigenvalue weighted by atomic mass is 35.5. The van der Waals surface area contributed by atoms with Crippen molar-refractivity contribution in [3.8, 4) is 0 Å². The van der Waals surface area contributed by atoms with Gasteiger partial charge >= 0.3 is 11.9 Å². The number of ether oxygens (including phenoxy) is 2. The molecule has 8 nitrogen and oxygen atoms in total. The summed E-state index contributed by atoms with van der Waals surface area (Å²) in [6.45, 7) is 0.0386. The molecule has 0 spiro atoms. The lowest BCUT2D eigenvalue weighted by atomic mass is 10.1. The van der Waals surface area contributed by atoms with Crippen molar-refractivity contribution in [3.63, 3.8) is 0 Å². The van der Waals surface area contributed by atoms with Crippen molar-refractivity contribution in [3.05, 3.63) is 58.4 Å². The predicted octanol–water partition coefficient (Wildman–Crippen LogP) is 3.04. The van der Waals surface area contributed by atoms with Crippen molar-refractivity contribution in [2.45, 2.75) is 6.42 Å². The molecule has 31 heavy (non-hydrogen) atoms. The van der Waals surface area contributed by atoms with Crippen molar-refractivity contribution < 1.29 is 33.0 Å². The molecule has 10 heteroatoms. The van der Waals surface area contributed by atoms with E-state index in [0.717, 1.165) is 6.07 Å². The van der Waals surface area contributed by atoms with E-state index < -0.39 is 29.6 Å². The maximum atomic E-state index is 13.4. The number of amides is 2. The quantitative estimate of drug-likeness (QED) is 0.705. The van der Waals surface area contributed by atoms with Crippen molar-refractivity contribution in [1.29, 1.82) is 0 Å². The van der Waals surface area contributed by atoms with Gasteiger partial charge < -0.3 is 19.7 Å². The van der Waals surface area contributed by atoms with Gasteiger partial charge in [0.25, 0.3) is 0 Å². The summed E-state index contributed by atoms with van der Waals surface area (Å²) in [5.41, 5.74) is 0.579. The summed E-state index contributed by atoms with van der Waals surface area (Å²) < 4.78 is 22.8. The van der Waals surface area contributed by atoms with Crippen LogP contribution in [-0.2, 0) is 19.1 Å². The number of halogens is 2. The molecule has 1 heterocycles. The minimum atomic E-state index is -0.747. The molecule has 0 aromatic heterocycles. The molecule has 0 radical (unpaired) electrons. The van der Waals surface area contributed by atoms with Crippen LogP contribution in [0, 0.1) is 11.7 Å². The number of nitrogens with zero attached hydrogens (tertiary/aromatic N) is 1. The number of carbonyl (C=O) groups is 4. The molecule has 1 saturated heterocycles. The van der Waals surface area contributed by atoms with Gasteiger partial charge in [-0.2, -0.15) is 0 Å². The molecule has 0 aliphatic carbocycles. The monoisotopic (exact) mass is 448 g/mol. The first-order valence-corrected chi connectivity index (χ1v) is 9.50.